The van der Waals surface area contributed by atoms with Crippen molar-refractivity contribution < 1.29 is 14.0 Å². The molecule has 0 saturated heterocycles. The van der Waals surface area contributed by atoms with E-state index in [1.807, 2.05) is 6.07 Å². The molecular formula is C10H8N2O3. The van der Waals surface area contributed by atoms with Gasteiger partial charge in [-0.3, -0.25) is 9.59 Å². The molecule has 76 valence electrons. The van der Waals surface area contributed by atoms with Gasteiger partial charge in [-0.15, -0.1) is 0 Å². The summed E-state index contributed by atoms with van der Waals surface area (Å²) in [5.41, 5.74) is 1.19. The van der Waals surface area contributed by atoms with Crippen LogP contribution < -0.4 is 5.32 Å². The van der Waals surface area contributed by atoms with Crippen LogP contribution in [0.2, 0.25) is 0 Å². The highest BCUT2D eigenvalue weighted by atomic mass is 16.4. The van der Waals surface area contributed by atoms with Gasteiger partial charge in [0, 0.05) is 0 Å². The van der Waals surface area contributed by atoms with Crippen molar-refractivity contribution in [3.63, 3.8) is 0 Å². The second-order valence-corrected chi connectivity index (χ2v) is 2.91. The van der Waals surface area contributed by atoms with Gasteiger partial charge in [-0.05, 0) is 12.1 Å². The van der Waals surface area contributed by atoms with E-state index in [1.54, 1.807) is 18.2 Å². The number of oxazole rings is 1. The van der Waals surface area contributed by atoms with Crippen LogP contribution in [0.15, 0.2) is 28.7 Å². The fourth-order valence-corrected chi connectivity index (χ4v) is 1.20. The molecule has 1 amide bonds. The van der Waals surface area contributed by atoms with Crippen LogP contribution in [0.5, 0.6) is 0 Å². The van der Waals surface area contributed by atoms with Crippen LogP contribution in [0.4, 0.5) is 0 Å². The number of carbonyl (C=O) groups excluding carboxylic acids is 2. The molecule has 15 heavy (non-hydrogen) atoms. The summed E-state index contributed by atoms with van der Waals surface area (Å²) in [5, 5.41) is 2.26. The lowest BCUT2D eigenvalue weighted by Crippen LogP contribution is -2.21. The van der Waals surface area contributed by atoms with Gasteiger partial charge in [-0.1, -0.05) is 12.1 Å². The first-order chi connectivity index (χ1) is 7.31. The van der Waals surface area contributed by atoms with E-state index >= 15 is 0 Å². The number of fused-ring (bicyclic) bond motifs is 1. The Kier molecular flexibility index (Phi) is 2.45. The Balaban J connectivity index is 2.28. The van der Waals surface area contributed by atoms with Crippen molar-refractivity contribution in [3.05, 3.63) is 30.2 Å². The summed E-state index contributed by atoms with van der Waals surface area (Å²) in [6.45, 7) is -0.101. The third-order valence-corrected chi connectivity index (χ3v) is 1.88. The fraction of sp³-hybridized carbons (Fsp3) is 0.100. The van der Waals surface area contributed by atoms with E-state index in [9.17, 15) is 9.59 Å². The van der Waals surface area contributed by atoms with Crippen molar-refractivity contribution >= 4 is 23.3 Å². The number of benzene rings is 1. The smallest absolute Gasteiger partial charge is 0.266 e. The summed E-state index contributed by atoms with van der Waals surface area (Å²) in [7, 11) is 0. The van der Waals surface area contributed by atoms with Gasteiger partial charge in [0.15, 0.2) is 5.58 Å². The molecule has 0 radical (unpaired) electrons. The van der Waals surface area contributed by atoms with E-state index < -0.39 is 0 Å². The predicted octanol–water partition coefficient (Wildman–Crippen LogP) is 0.756. The molecule has 0 spiro atoms. The Morgan fingerprint density at radius 2 is 2.27 bits per heavy atom. The number of aromatic nitrogens is 1. The van der Waals surface area contributed by atoms with Gasteiger partial charge in [0.25, 0.3) is 5.89 Å². The summed E-state index contributed by atoms with van der Waals surface area (Å²) < 4.78 is 5.21. The number of nitrogens with one attached hydrogen (secondary N) is 1. The maximum atomic E-state index is 11.4. The fourth-order valence-electron chi connectivity index (χ4n) is 1.20. The molecular weight excluding hydrogens is 196 g/mol. The van der Waals surface area contributed by atoms with Crippen LogP contribution in [-0.2, 0) is 4.79 Å². The minimum absolute atomic E-state index is 0.0190. The number of rotatable bonds is 4. The van der Waals surface area contributed by atoms with Gasteiger partial charge in [0.05, 0.1) is 6.54 Å². The molecule has 0 unspecified atom stereocenters. The predicted molar refractivity (Wildman–Crippen MR) is 52.4 cm³/mol. The van der Waals surface area contributed by atoms with E-state index in [0.29, 0.717) is 17.5 Å². The molecule has 0 aliphatic rings. The molecule has 1 heterocycles. The molecule has 1 aromatic heterocycles. The average molecular weight is 204 g/mol. The number of hydrogen-bond acceptors (Lipinski definition) is 4. The lowest BCUT2D eigenvalue weighted by Gasteiger charge is -1.91. The Labute approximate surface area is 85.1 Å². The maximum Gasteiger partial charge on any atom is 0.266 e. The monoisotopic (exact) mass is 204 g/mol. The molecule has 0 atom stereocenters. The third-order valence-electron chi connectivity index (χ3n) is 1.88. The van der Waals surface area contributed by atoms with Crippen LogP contribution in [0.25, 0.3) is 11.1 Å². The Hall–Kier alpha value is -2.17. The first-order valence-corrected chi connectivity index (χ1v) is 4.37. The van der Waals surface area contributed by atoms with E-state index in [0.717, 1.165) is 0 Å². The summed E-state index contributed by atoms with van der Waals surface area (Å²) in [6, 6.07) is 7.09. The minimum Gasteiger partial charge on any atom is -0.434 e. The van der Waals surface area contributed by atoms with Gasteiger partial charge in [0.1, 0.15) is 5.52 Å². The van der Waals surface area contributed by atoms with Crippen LogP contribution >= 0.6 is 0 Å². The SMILES string of the molecule is O=CNCC(=O)c1nc2ccccc2o1. The van der Waals surface area contributed by atoms with Crippen LogP contribution in [0, 0.1) is 0 Å². The molecule has 2 aromatic rings. The number of ketones is 1. The van der Waals surface area contributed by atoms with Crippen LogP contribution in [0.3, 0.4) is 0 Å². The standard InChI is InChI=1S/C10H8N2O3/c13-6-11-5-8(14)10-12-7-3-1-2-4-9(7)15-10/h1-4,6H,5H2,(H,11,13). The van der Waals surface area contributed by atoms with Crippen molar-refractivity contribution in [3.8, 4) is 0 Å². The third kappa shape index (κ3) is 1.85. The van der Waals surface area contributed by atoms with Crippen molar-refractivity contribution in [2.24, 2.45) is 0 Å². The Morgan fingerprint density at radius 3 is 3.00 bits per heavy atom. The zero-order valence-corrected chi connectivity index (χ0v) is 7.77. The number of carbonyl (C=O) groups is 2. The molecule has 2 rings (SSSR count). The highest BCUT2D eigenvalue weighted by molar-refractivity contribution is 5.96. The lowest BCUT2D eigenvalue weighted by molar-refractivity contribution is -0.109. The van der Waals surface area contributed by atoms with E-state index in [-0.39, 0.29) is 18.2 Å². The number of hydrogen-bond donors (Lipinski definition) is 1. The number of nitrogens with zero attached hydrogens (tertiary/aromatic N) is 1. The average Bonchev–Trinajstić information content (AvgIpc) is 2.69. The van der Waals surface area contributed by atoms with E-state index in [2.05, 4.69) is 10.3 Å². The highest BCUT2D eigenvalue weighted by Gasteiger charge is 2.12. The first kappa shape index (κ1) is 9.39. The largest absolute Gasteiger partial charge is 0.434 e. The Morgan fingerprint density at radius 1 is 1.47 bits per heavy atom. The normalized spacial score (nSPS) is 10.1. The maximum absolute atomic E-state index is 11.4. The molecule has 1 N–H and O–H groups in total. The van der Waals surface area contributed by atoms with Crippen LogP contribution in [0.1, 0.15) is 10.7 Å². The zero-order chi connectivity index (χ0) is 10.7. The van der Waals surface area contributed by atoms with E-state index in [4.69, 9.17) is 4.42 Å². The highest BCUT2D eigenvalue weighted by Crippen LogP contribution is 2.14. The molecule has 0 saturated carbocycles. The van der Waals surface area contributed by atoms with Crippen molar-refractivity contribution in [1.82, 2.24) is 10.3 Å². The summed E-state index contributed by atoms with van der Waals surface area (Å²) in [5.74, 6) is -0.330. The van der Waals surface area contributed by atoms with Crippen molar-refractivity contribution in [2.75, 3.05) is 6.54 Å². The molecule has 0 fully saturated rings. The van der Waals surface area contributed by atoms with E-state index in [1.165, 1.54) is 0 Å². The second kappa shape index (κ2) is 3.91. The van der Waals surface area contributed by atoms with Gasteiger partial charge >= 0.3 is 0 Å². The quantitative estimate of drug-likeness (QED) is 0.589. The molecule has 0 bridgehead atoms. The molecule has 5 nitrogen and oxygen atoms in total. The van der Waals surface area contributed by atoms with Crippen molar-refractivity contribution in [1.29, 1.82) is 0 Å². The van der Waals surface area contributed by atoms with Gasteiger partial charge in [0.2, 0.25) is 12.2 Å². The van der Waals surface area contributed by atoms with Crippen molar-refractivity contribution in [2.45, 2.75) is 0 Å². The second-order valence-electron chi connectivity index (χ2n) is 2.91. The van der Waals surface area contributed by atoms with Crippen LogP contribution in [-0.4, -0.2) is 23.7 Å². The summed E-state index contributed by atoms with van der Waals surface area (Å²) in [6.07, 6.45) is 0.459. The number of amides is 1. The van der Waals surface area contributed by atoms with Gasteiger partial charge in [-0.2, -0.15) is 0 Å². The van der Waals surface area contributed by atoms with Gasteiger partial charge in [-0.25, -0.2) is 4.98 Å². The molecule has 1 aromatic carbocycles. The number of Topliss-reactive ketones (excluding diaryl/α,β-unsaturated/α-hetero) is 1. The summed E-state index contributed by atoms with van der Waals surface area (Å²) >= 11 is 0. The minimum atomic E-state index is -0.349. The number of para-hydroxylation sites is 2. The molecule has 0 aliphatic heterocycles. The topological polar surface area (TPSA) is 72.2 Å². The first-order valence-electron chi connectivity index (χ1n) is 4.37. The lowest BCUT2D eigenvalue weighted by atomic mass is 10.3. The van der Waals surface area contributed by atoms with Gasteiger partial charge < -0.3 is 9.73 Å². The molecule has 0 aliphatic carbocycles. The molecule has 5 heteroatoms. The summed E-state index contributed by atoms with van der Waals surface area (Å²) in [4.78, 5) is 25.4. The Bertz CT molecular complexity index is 471. The zero-order valence-electron chi connectivity index (χ0n) is 7.77.